The first-order valence-electron chi connectivity index (χ1n) is 8.72. The van der Waals surface area contributed by atoms with Crippen LogP contribution < -0.4 is 10.6 Å². The average Bonchev–Trinajstić information content (AvgIpc) is 3.10. The zero-order valence-electron chi connectivity index (χ0n) is 15.2. The number of aliphatic hydroxyl groups is 1. The second kappa shape index (κ2) is 9.45. The van der Waals surface area contributed by atoms with Gasteiger partial charge in [0.1, 0.15) is 6.04 Å². The van der Waals surface area contributed by atoms with E-state index in [9.17, 15) is 14.7 Å². The third-order valence-corrected chi connectivity index (χ3v) is 5.11. The zero-order valence-corrected chi connectivity index (χ0v) is 16.0. The molecule has 1 aromatic heterocycles. The van der Waals surface area contributed by atoms with E-state index in [1.54, 1.807) is 36.5 Å². The number of hydrogen-bond acceptors (Lipinski definition) is 5. The topological polar surface area (TPSA) is 91.3 Å². The lowest BCUT2D eigenvalue weighted by molar-refractivity contribution is -0.133. The lowest BCUT2D eigenvalue weighted by atomic mass is 10.1. The SMILES string of the molecule is CCCC(NC(=O)C(O)c1ccccc1)C(=O)Nc1ncc(C(C)C)s1. The fraction of sp³-hybridized carbons (Fsp3) is 0.421. The van der Waals surface area contributed by atoms with Gasteiger partial charge in [-0.2, -0.15) is 0 Å². The molecule has 0 aliphatic carbocycles. The van der Waals surface area contributed by atoms with E-state index in [0.29, 0.717) is 23.0 Å². The highest BCUT2D eigenvalue weighted by Crippen LogP contribution is 2.25. The van der Waals surface area contributed by atoms with Gasteiger partial charge in [-0.3, -0.25) is 9.59 Å². The van der Waals surface area contributed by atoms with Crippen molar-refractivity contribution in [1.29, 1.82) is 0 Å². The average molecular weight is 375 g/mol. The Labute approximate surface area is 157 Å². The van der Waals surface area contributed by atoms with E-state index in [2.05, 4.69) is 29.5 Å². The normalized spacial score (nSPS) is 13.3. The minimum Gasteiger partial charge on any atom is -0.378 e. The second-order valence-corrected chi connectivity index (χ2v) is 7.44. The third kappa shape index (κ3) is 5.37. The molecule has 2 aromatic rings. The molecule has 2 unspecified atom stereocenters. The molecule has 0 aliphatic rings. The quantitative estimate of drug-likeness (QED) is 0.661. The number of carbonyl (C=O) groups excluding carboxylic acids is 2. The number of nitrogens with one attached hydrogen (secondary N) is 2. The summed E-state index contributed by atoms with van der Waals surface area (Å²) >= 11 is 1.42. The first-order chi connectivity index (χ1) is 12.4. The Morgan fingerprint density at radius 2 is 1.88 bits per heavy atom. The lowest BCUT2D eigenvalue weighted by Crippen LogP contribution is -2.45. The number of carbonyl (C=O) groups is 2. The Kier molecular flexibility index (Phi) is 7.29. The standard InChI is InChI=1S/C19H25N3O3S/c1-4-8-14(17(24)22-19-20-11-15(26-19)12(2)3)21-18(25)16(23)13-9-6-5-7-10-13/h5-7,9-12,14,16,23H,4,8H2,1-3H3,(H,21,25)(H,20,22,24). The van der Waals surface area contributed by atoms with Gasteiger partial charge >= 0.3 is 0 Å². The maximum atomic E-state index is 12.5. The molecule has 1 heterocycles. The number of aromatic nitrogens is 1. The monoisotopic (exact) mass is 375 g/mol. The minimum atomic E-state index is -1.31. The van der Waals surface area contributed by atoms with Gasteiger partial charge < -0.3 is 15.7 Å². The van der Waals surface area contributed by atoms with Gasteiger partial charge in [0.15, 0.2) is 11.2 Å². The van der Waals surface area contributed by atoms with Gasteiger partial charge in [0.05, 0.1) is 0 Å². The molecule has 7 heteroatoms. The summed E-state index contributed by atoms with van der Waals surface area (Å²) in [5.41, 5.74) is 0.488. The van der Waals surface area contributed by atoms with Crippen LogP contribution in [0.25, 0.3) is 0 Å². The summed E-state index contributed by atoms with van der Waals surface area (Å²) in [6, 6.07) is 7.91. The van der Waals surface area contributed by atoms with Crippen molar-refractivity contribution >= 4 is 28.3 Å². The molecule has 2 rings (SSSR count). The van der Waals surface area contributed by atoms with Crippen molar-refractivity contribution in [3.8, 4) is 0 Å². The van der Waals surface area contributed by atoms with Crippen LogP contribution in [-0.2, 0) is 9.59 Å². The maximum Gasteiger partial charge on any atom is 0.254 e. The molecule has 3 N–H and O–H groups in total. The molecule has 2 atom stereocenters. The van der Waals surface area contributed by atoms with Crippen LogP contribution in [-0.4, -0.2) is 27.9 Å². The predicted octanol–water partition coefficient (Wildman–Crippen LogP) is 3.22. The molecule has 0 radical (unpaired) electrons. The van der Waals surface area contributed by atoms with Crippen LogP contribution in [0.15, 0.2) is 36.5 Å². The molecule has 1 aromatic carbocycles. The highest BCUT2D eigenvalue weighted by atomic mass is 32.1. The van der Waals surface area contributed by atoms with Crippen molar-refractivity contribution in [2.75, 3.05) is 5.32 Å². The smallest absolute Gasteiger partial charge is 0.254 e. The highest BCUT2D eigenvalue weighted by molar-refractivity contribution is 7.15. The molecular weight excluding hydrogens is 350 g/mol. The number of thiazole rings is 1. The maximum absolute atomic E-state index is 12.5. The van der Waals surface area contributed by atoms with E-state index >= 15 is 0 Å². The van der Waals surface area contributed by atoms with Gasteiger partial charge in [-0.25, -0.2) is 4.98 Å². The largest absolute Gasteiger partial charge is 0.378 e. The molecule has 2 amide bonds. The van der Waals surface area contributed by atoms with Gasteiger partial charge in [-0.05, 0) is 17.9 Å². The number of rotatable bonds is 8. The van der Waals surface area contributed by atoms with Crippen LogP contribution in [0.1, 0.15) is 56.1 Å². The number of amides is 2. The van der Waals surface area contributed by atoms with E-state index in [1.165, 1.54) is 11.3 Å². The molecule has 6 nitrogen and oxygen atoms in total. The Bertz CT molecular complexity index is 731. The number of aliphatic hydroxyl groups excluding tert-OH is 1. The van der Waals surface area contributed by atoms with E-state index in [0.717, 1.165) is 11.3 Å². The number of benzene rings is 1. The minimum absolute atomic E-state index is 0.329. The Morgan fingerprint density at radius 1 is 1.19 bits per heavy atom. The number of hydrogen-bond donors (Lipinski definition) is 3. The molecule has 0 fully saturated rings. The van der Waals surface area contributed by atoms with Crippen LogP contribution in [0.3, 0.4) is 0 Å². The number of nitrogens with zero attached hydrogens (tertiary/aromatic N) is 1. The van der Waals surface area contributed by atoms with Gasteiger partial charge in [0, 0.05) is 11.1 Å². The first-order valence-corrected chi connectivity index (χ1v) is 9.54. The molecule has 140 valence electrons. The van der Waals surface area contributed by atoms with Gasteiger partial charge in [0.25, 0.3) is 5.91 Å². The fourth-order valence-electron chi connectivity index (χ4n) is 2.40. The van der Waals surface area contributed by atoms with E-state index in [1.807, 2.05) is 6.92 Å². The Balaban J connectivity index is 2.02. The molecule has 26 heavy (non-hydrogen) atoms. The van der Waals surface area contributed by atoms with E-state index in [-0.39, 0.29) is 5.91 Å². The van der Waals surface area contributed by atoms with Gasteiger partial charge in [-0.1, -0.05) is 57.5 Å². The first kappa shape index (κ1) is 20.1. The summed E-state index contributed by atoms with van der Waals surface area (Å²) in [4.78, 5) is 30.1. The molecule has 0 saturated carbocycles. The molecule has 0 bridgehead atoms. The second-order valence-electron chi connectivity index (χ2n) is 6.37. The molecule has 0 aliphatic heterocycles. The van der Waals surface area contributed by atoms with E-state index in [4.69, 9.17) is 0 Å². The van der Waals surface area contributed by atoms with Crippen molar-refractivity contribution < 1.29 is 14.7 Å². The summed E-state index contributed by atoms with van der Waals surface area (Å²) in [6.45, 7) is 6.05. The predicted molar refractivity (Wildman–Crippen MR) is 103 cm³/mol. The van der Waals surface area contributed by atoms with Crippen molar-refractivity contribution in [2.45, 2.75) is 51.7 Å². The van der Waals surface area contributed by atoms with Crippen molar-refractivity contribution in [3.05, 3.63) is 47.0 Å². The van der Waals surface area contributed by atoms with Crippen molar-refractivity contribution in [2.24, 2.45) is 0 Å². The highest BCUT2D eigenvalue weighted by Gasteiger charge is 2.25. The summed E-state index contributed by atoms with van der Waals surface area (Å²) < 4.78 is 0. The summed E-state index contributed by atoms with van der Waals surface area (Å²) in [6.07, 6.45) is 1.63. The van der Waals surface area contributed by atoms with Crippen LogP contribution in [0.5, 0.6) is 0 Å². The zero-order chi connectivity index (χ0) is 19.1. The Hall–Kier alpha value is -2.25. The van der Waals surface area contributed by atoms with Crippen molar-refractivity contribution in [3.63, 3.8) is 0 Å². The van der Waals surface area contributed by atoms with E-state index < -0.39 is 18.1 Å². The number of anilines is 1. The summed E-state index contributed by atoms with van der Waals surface area (Å²) in [5.74, 6) is -0.581. The molecule has 0 spiro atoms. The van der Waals surface area contributed by atoms with Crippen LogP contribution in [0, 0.1) is 0 Å². The fourth-order valence-corrected chi connectivity index (χ4v) is 3.22. The van der Waals surface area contributed by atoms with Crippen LogP contribution in [0.4, 0.5) is 5.13 Å². The lowest BCUT2D eigenvalue weighted by Gasteiger charge is -2.19. The Morgan fingerprint density at radius 3 is 2.46 bits per heavy atom. The third-order valence-electron chi connectivity index (χ3n) is 3.90. The van der Waals surface area contributed by atoms with Gasteiger partial charge in [0.2, 0.25) is 5.91 Å². The summed E-state index contributed by atoms with van der Waals surface area (Å²) in [7, 11) is 0. The van der Waals surface area contributed by atoms with Crippen LogP contribution in [0.2, 0.25) is 0 Å². The van der Waals surface area contributed by atoms with Gasteiger partial charge in [-0.15, -0.1) is 11.3 Å². The molecular formula is C19H25N3O3S. The van der Waals surface area contributed by atoms with Crippen LogP contribution >= 0.6 is 11.3 Å². The molecule has 0 saturated heterocycles. The van der Waals surface area contributed by atoms with Crippen molar-refractivity contribution in [1.82, 2.24) is 10.3 Å². The summed E-state index contributed by atoms with van der Waals surface area (Å²) in [5, 5.41) is 16.1.